The van der Waals surface area contributed by atoms with Crippen molar-refractivity contribution in [1.29, 1.82) is 0 Å². The van der Waals surface area contributed by atoms with E-state index in [9.17, 15) is 0 Å². The third-order valence-electron chi connectivity index (χ3n) is 5.96. The van der Waals surface area contributed by atoms with Crippen LogP contribution in [0.1, 0.15) is 29.2 Å². The van der Waals surface area contributed by atoms with Gasteiger partial charge in [-0.2, -0.15) is 5.10 Å². The molecule has 0 spiro atoms. The molecule has 0 unspecified atom stereocenters. The van der Waals surface area contributed by atoms with E-state index in [2.05, 4.69) is 76.1 Å². The molecule has 4 aromatic rings. The Balaban J connectivity index is 1.43. The Labute approximate surface area is 209 Å². The molecular formula is C27H25N5S2. The summed E-state index contributed by atoms with van der Waals surface area (Å²) < 4.78 is 0. The van der Waals surface area contributed by atoms with E-state index in [1.807, 2.05) is 23.2 Å². The summed E-state index contributed by atoms with van der Waals surface area (Å²) in [5.74, 6) is 0. The maximum Gasteiger partial charge on any atom is 0.190 e. The van der Waals surface area contributed by atoms with Crippen LogP contribution in [0.5, 0.6) is 0 Å². The second-order valence-electron chi connectivity index (χ2n) is 8.08. The van der Waals surface area contributed by atoms with E-state index in [0.717, 1.165) is 47.3 Å². The van der Waals surface area contributed by atoms with Crippen molar-refractivity contribution in [3.05, 3.63) is 102 Å². The standard InChI is InChI=1S/C27H25N5S2/c1-34-21-12-10-20(11-13-21)24-18-25(22-8-5-9-23-26(22)29-17-16-28-23)32(31-24)27(33)30-15-14-19-6-3-2-4-7-19/h2-13,16-17,25H,14-15,18H2,1H3,(H,30,33)/t25-/m0/s1. The normalized spacial score (nSPS) is 15.4. The van der Waals surface area contributed by atoms with Crippen molar-refractivity contribution < 1.29 is 0 Å². The second-order valence-corrected chi connectivity index (χ2v) is 9.34. The summed E-state index contributed by atoms with van der Waals surface area (Å²) in [7, 11) is 0. The Kier molecular flexibility index (Phi) is 6.83. The zero-order valence-electron chi connectivity index (χ0n) is 18.9. The summed E-state index contributed by atoms with van der Waals surface area (Å²) in [6, 6.07) is 25.1. The molecule has 0 aliphatic carbocycles. The summed E-state index contributed by atoms with van der Waals surface area (Å²) in [6.45, 7) is 0.745. The van der Waals surface area contributed by atoms with Crippen LogP contribution in [0.3, 0.4) is 0 Å². The molecule has 0 saturated heterocycles. The van der Waals surface area contributed by atoms with E-state index in [1.54, 1.807) is 24.2 Å². The van der Waals surface area contributed by atoms with Gasteiger partial charge in [0.25, 0.3) is 0 Å². The van der Waals surface area contributed by atoms with Crippen LogP contribution < -0.4 is 5.32 Å². The second kappa shape index (κ2) is 10.3. The van der Waals surface area contributed by atoms with Gasteiger partial charge < -0.3 is 5.32 Å². The number of rotatable bonds is 6. The highest BCUT2D eigenvalue weighted by atomic mass is 32.2. The first-order valence-electron chi connectivity index (χ1n) is 11.3. The number of para-hydroxylation sites is 1. The molecule has 5 rings (SSSR count). The summed E-state index contributed by atoms with van der Waals surface area (Å²) in [6.07, 6.45) is 7.19. The number of thioether (sulfide) groups is 1. The number of benzene rings is 3. The van der Waals surface area contributed by atoms with Gasteiger partial charge in [-0.15, -0.1) is 11.8 Å². The van der Waals surface area contributed by atoms with Crippen molar-refractivity contribution in [1.82, 2.24) is 20.3 Å². The van der Waals surface area contributed by atoms with Crippen molar-refractivity contribution in [2.24, 2.45) is 5.10 Å². The van der Waals surface area contributed by atoms with E-state index in [0.29, 0.717) is 5.11 Å². The predicted molar refractivity (Wildman–Crippen MR) is 144 cm³/mol. The smallest absolute Gasteiger partial charge is 0.190 e. The first-order valence-corrected chi connectivity index (χ1v) is 12.9. The fourth-order valence-corrected chi connectivity index (χ4v) is 4.90. The van der Waals surface area contributed by atoms with Gasteiger partial charge in [0.1, 0.15) is 0 Å². The maximum atomic E-state index is 5.84. The molecule has 1 aliphatic heterocycles. The lowest BCUT2D eigenvalue weighted by molar-refractivity contribution is 0.366. The lowest BCUT2D eigenvalue weighted by Crippen LogP contribution is -2.37. The molecule has 7 heteroatoms. The third kappa shape index (κ3) is 4.81. The quantitative estimate of drug-likeness (QED) is 0.284. The average Bonchev–Trinajstić information content (AvgIpc) is 3.34. The fraction of sp³-hybridized carbons (Fsp3) is 0.185. The van der Waals surface area contributed by atoms with Crippen molar-refractivity contribution in [2.45, 2.75) is 23.8 Å². The van der Waals surface area contributed by atoms with Crippen LogP contribution in [0.15, 0.2) is 95.2 Å². The van der Waals surface area contributed by atoms with Crippen LogP contribution >= 0.6 is 24.0 Å². The maximum absolute atomic E-state index is 5.84. The molecule has 0 radical (unpaired) electrons. The van der Waals surface area contributed by atoms with E-state index < -0.39 is 0 Å². The number of nitrogens with one attached hydrogen (secondary N) is 1. The van der Waals surface area contributed by atoms with Crippen LogP contribution in [-0.4, -0.2) is 38.6 Å². The summed E-state index contributed by atoms with van der Waals surface area (Å²) in [5, 5.41) is 11.0. The highest BCUT2D eigenvalue weighted by Gasteiger charge is 2.32. The number of hydrogen-bond acceptors (Lipinski definition) is 5. The van der Waals surface area contributed by atoms with Gasteiger partial charge in [0, 0.05) is 35.8 Å². The zero-order valence-corrected chi connectivity index (χ0v) is 20.5. The van der Waals surface area contributed by atoms with Crippen LogP contribution in [0, 0.1) is 0 Å². The minimum absolute atomic E-state index is 0.0487. The number of thiocarbonyl (C=S) groups is 1. The third-order valence-corrected chi connectivity index (χ3v) is 7.04. The van der Waals surface area contributed by atoms with Gasteiger partial charge in [-0.3, -0.25) is 9.97 Å². The van der Waals surface area contributed by atoms with Crippen LogP contribution in [0.25, 0.3) is 11.0 Å². The van der Waals surface area contributed by atoms with Gasteiger partial charge >= 0.3 is 0 Å². The molecule has 2 heterocycles. The monoisotopic (exact) mass is 483 g/mol. The number of nitrogens with zero attached hydrogens (tertiary/aromatic N) is 4. The van der Waals surface area contributed by atoms with Gasteiger partial charge in [-0.1, -0.05) is 54.6 Å². The molecule has 0 amide bonds. The van der Waals surface area contributed by atoms with Gasteiger partial charge in [0.2, 0.25) is 0 Å². The Bertz CT molecular complexity index is 1320. The lowest BCUT2D eigenvalue weighted by atomic mass is 9.97. The molecule has 170 valence electrons. The highest BCUT2D eigenvalue weighted by molar-refractivity contribution is 7.98. The van der Waals surface area contributed by atoms with Crippen molar-refractivity contribution in [3.63, 3.8) is 0 Å². The first kappa shape index (κ1) is 22.5. The molecule has 34 heavy (non-hydrogen) atoms. The number of hydrazone groups is 1. The largest absolute Gasteiger partial charge is 0.361 e. The molecule has 1 aromatic heterocycles. The molecule has 0 saturated carbocycles. The molecule has 5 nitrogen and oxygen atoms in total. The Morgan fingerprint density at radius 3 is 2.59 bits per heavy atom. The summed E-state index contributed by atoms with van der Waals surface area (Å²) in [4.78, 5) is 10.4. The predicted octanol–water partition coefficient (Wildman–Crippen LogP) is 5.62. The van der Waals surface area contributed by atoms with E-state index in [1.165, 1.54) is 10.5 Å². The number of aromatic nitrogens is 2. The number of hydrogen-bond donors (Lipinski definition) is 1. The Morgan fingerprint density at radius 1 is 1.00 bits per heavy atom. The van der Waals surface area contributed by atoms with Crippen LogP contribution in [0.2, 0.25) is 0 Å². The lowest BCUT2D eigenvalue weighted by Gasteiger charge is -2.25. The van der Waals surface area contributed by atoms with Gasteiger partial charge in [0.05, 0.1) is 22.8 Å². The number of fused-ring (bicyclic) bond motifs is 1. The van der Waals surface area contributed by atoms with E-state index in [-0.39, 0.29) is 6.04 Å². The molecule has 0 bridgehead atoms. The fourth-order valence-electron chi connectivity index (χ4n) is 4.22. The topological polar surface area (TPSA) is 53.4 Å². The summed E-state index contributed by atoms with van der Waals surface area (Å²) >= 11 is 7.58. The van der Waals surface area contributed by atoms with E-state index in [4.69, 9.17) is 17.3 Å². The van der Waals surface area contributed by atoms with E-state index >= 15 is 0 Å². The summed E-state index contributed by atoms with van der Waals surface area (Å²) in [5.41, 5.74) is 6.26. The highest BCUT2D eigenvalue weighted by Crippen LogP contribution is 2.35. The molecular weight excluding hydrogens is 458 g/mol. The van der Waals surface area contributed by atoms with Gasteiger partial charge in [-0.05, 0) is 54.2 Å². The molecule has 0 fully saturated rings. The van der Waals surface area contributed by atoms with Gasteiger partial charge in [0.15, 0.2) is 5.11 Å². The van der Waals surface area contributed by atoms with Crippen LogP contribution in [0.4, 0.5) is 0 Å². The van der Waals surface area contributed by atoms with Crippen LogP contribution in [-0.2, 0) is 6.42 Å². The zero-order chi connectivity index (χ0) is 23.3. The minimum Gasteiger partial charge on any atom is -0.361 e. The first-order chi connectivity index (χ1) is 16.7. The Hall–Kier alpha value is -3.29. The van der Waals surface area contributed by atoms with Crippen molar-refractivity contribution in [3.8, 4) is 0 Å². The van der Waals surface area contributed by atoms with Crippen molar-refractivity contribution in [2.75, 3.05) is 12.8 Å². The SMILES string of the molecule is CSc1ccc(C2=NN(C(=S)NCCc3ccccc3)[C@H](c3cccc4nccnc34)C2)cc1. The minimum atomic E-state index is -0.0487. The molecule has 1 aliphatic rings. The molecule has 1 atom stereocenters. The molecule has 1 N–H and O–H groups in total. The van der Waals surface area contributed by atoms with Gasteiger partial charge in [-0.25, -0.2) is 5.01 Å². The average molecular weight is 484 g/mol. The molecule has 3 aromatic carbocycles. The van der Waals surface area contributed by atoms with Crippen molar-refractivity contribution >= 4 is 45.8 Å². The Morgan fingerprint density at radius 2 is 1.79 bits per heavy atom.